The minimum Gasteiger partial charge on any atom is -0.459 e. The van der Waals surface area contributed by atoms with Crippen LogP contribution in [-0.2, 0) is 9.47 Å². The quantitative estimate of drug-likeness (QED) is 0.672. The van der Waals surface area contributed by atoms with Crippen LogP contribution in [0.15, 0.2) is 58.3 Å². The first-order chi connectivity index (χ1) is 11.9. The minimum absolute atomic E-state index is 0.00478. The smallest absolute Gasteiger partial charge is 0.338 e. The maximum absolute atomic E-state index is 12.0. The molecule has 0 bridgehead atoms. The SMILES string of the molecule is Cc1cn([C@H]2C=C[C@@](C)(COC(=O)c3ccccc3)O2)c(=O)[nH]c1=O. The van der Waals surface area contributed by atoms with Gasteiger partial charge in [0.15, 0.2) is 6.23 Å². The third kappa shape index (κ3) is 3.61. The predicted molar refractivity (Wildman–Crippen MR) is 90.5 cm³/mol. The second-order valence-electron chi connectivity index (χ2n) is 6.10. The fraction of sp³-hybridized carbons (Fsp3) is 0.278. The number of benzene rings is 1. The van der Waals surface area contributed by atoms with Crippen LogP contribution in [0.3, 0.4) is 0 Å². The van der Waals surface area contributed by atoms with Crippen molar-refractivity contribution < 1.29 is 14.3 Å². The first-order valence-corrected chi connectivity index (χ1v) is 7.79. The Morgan fingerprint density at radius 1 is 1.32 bits per heavy atom. The number of H-pyrrole nitrogens is 1. The fourth-order valence-corrected chi connectivity index (χ4v) is 2.51. The summed E-state index contributed by atoms with van der Waals surface area (Å²) in [6, 6.07) is 8.66. The fourth-order valence-electron chi connectivity index (χ4n) is 2.51. The van der Waals surface area contributed by atoms with Crippen molar-refractivity contribution in [2.45, 2.75) is 25.7 Å². The number of carbonyl (C=O) groups is 1. The van der Waals surface area contributed by atoms with E-state index < -0.39 is 29.0 Å². The lowest BCUT2D eigenvalue weighted by molar-refractivity contribution is -0.0783. The molecule has 130 valence electrons. The Hall–Kier alpha value is -2.93. The molecule has 1 aromatic heterocycles. The Kier molecular flexibility index (Phi) is 4.41. The molecule has 0 saturated heterocycles. The molecule has 0 fully saturated rings. The van der Waals surface area contributed by atoms with Crippen molar-refractivity contribution in [3.8, 4) is 0 Å². The monoisotopic (exact) mass is 342 g/mol. The maximum Gasteiger partial charge on any atom is 0.338 e. The van der Waals surface area contributed by atoms with Crippen molar-refractivity contribution in [2.24, 2.45) is 0 Å². The molecule has 0 aliphatic carbocycles. The van der Waals surface area contributed by atoms with E-state index in [-0.39, 0.29) is 6.61 Å². The van der Waals surface area contributed by atoms with Crippen LogP contribution in [0.5, 0.6) is 0 Å². The molecule has 1 N–H and O–H groups in total. The standard InChI is InChI=1S/C18H18N2O5/c1-12-10-20(17(23)19-15(12)21)14-8-9-18(2,25-14)11-24-16(22)13-6-4-3-5-7-13/h3-10,14H,11H2,1-2H3,(H,19,21,23)/t14-,18+/m1/s1. The van der Waals surface area contributed by atoms with Crippen molar-refractivity contribution >= 4 is 5.97 Å². The highest BCUT2D eigenvalue weighted by Crippen LogP contribution is 2.29. The molecule has 0 amide bonds. The van der Waals surface area contributed by atoms with Gasteiger partial charge in [0.25, 0.3) is 5.56 Å². The number of rotatable bonds is 4. The van der Waals surface area contributed by atoms with Crippen molar-refractivity contribution in [1.82, 2.24) is 9.55 Å². The number of nitrogens with one attached hydrogen (secondary N) is 1. The zero-order chi connectivity index (χ0) is 18.0. The zero-order valence-corrected chi connectivity index (χ0v) is 13.9. The molecule has 0 spiro atoms. The largest absolute Gasteiger partial charge is 0.459 e. The molecule has 25 heavy (non-hydrogen) atoms. The normalized spacial score (nSPS) is 22.1. The van der Waals surface area contributed by atoms with Gasteiger partial charge >= 0.3 is 11.7 Å². The summed E-state index contributed by atoms with van der Waals surface area (Å²) in [7, 11) is 0. The van der Waals surface area contributed by atoms with E-state index in [1.165, 1.54) is 10.8 Å². The molecular formula is C18H18N2O5. The van der Waals surface area contributed by atoms with Crippen LogP contribution < -0.4 is 11.2 Å². The molecular weight excluding hydrogens is 324 g/mol. The van der Waals surface area contributed by atoms with Gasteiger partial charge in [-0.15, -0.1) is 0 Å². The van der Waals surface area contributed by atoms with Crippen molar-refractivity contribution in [1.29, 1.82) is 0 Å². The zero-order valence-electron chi connectivity index (χ0n) is 13.9. The van der Waals surface area contributed by atoms with Gasteiger partial charge < -0.3 is 9.47 Å². The molecule has 2 heterocycles. The highest BCUT2D eigenvalue weighted by atomic mass is 16.6. The van der Waals surface area contributed by atoms with Crippen LogP contribution >= 0.6 is 0 Å². The van der Waals surface area contributed by atoms with Gasteiger partial charge in [0.2, 0.25) is 0 Å². The average Bonchev–Trinajstić information content (AvgIpc) is 2.99. The predicted octanol–water partition coefficient (Wildman–Crippen LogP) is 1.55. The van der Waals surface area contributed by atoms with Crippen molar-refractivity contribution in [3.63, 3.8) is 0 Å². The Morgan fingerprint density at radius 2 is 2.04 bits per heavy atom. The summed E-state index contributed by atoms with van der Waals surface area (Å²) < 4.78 is 12.5. The topological polar surface area (TPSA) is 90.4 Å². The molecule has 7 heteroatoms. The van der Waals surface area contributed by atoms with E-state index in [1.54, 1.807) is 50.3 Å². The minimum atomic E-state index is -0.863. The van der Waals surface area contributed by atoms with Gasteiger partial charge in [-0.05, 0) is 38.1 Å². The summed E-state index contributed by atoms with van der Waals surface area (Å²) in [5.74, 6) is -0.445. The van der Waals surface area contributed by atoms with Gasteiger partial charge in [-0.25, -0.2) is 9.59 Å². The van der Waals surface area contributed by atoms with Gasteiger partial charge in [-0.1, -0.05) is 18.2 Å². The van der Waals surface area contributed by atoms with Crippen LogP contribution in [0.2, 0.25) is 0 Å². The van der Waals surface area contributed by atoms with E-state index in [2.05, 4.69) is 4.98 Å². The summed E-state index contributed by atoms with van der Waals surface area (Å²) in [6.45, 7) is 3.37. The number of hydrogen-bond donors (Lipinski definition) is 1. The lowest BCUT2D eigenvalue weighted by Gasteiger charge is -2.25. The second-order valence-corrected chi connectivity index (χ2v) is 6.10. The second kappa shape index (κ2) is 6.52. The van der Waals surface area contributed by atoms with Crippen LogP contribution in [0.25, 0.3) is 0 Å². The summed E-state index contributed by atoms with van der Waals surface area (Å²) in [6.07, 6.45) is 4.19. The molecule has 0 unspecified atom stereocenters. The Morgan fingerprint density at radius 3 is 2.76 bits per heavy atom. The Labute approximate surface area is 143 Å². The first kappa shape index (κ1) is 16.9. The molecule has 0 radical (unpaired) electrons. The van der Waals surface area contributed by atoms with Gasteiger partial charge in [-0.2, -0.15) is 0 Å². The third-order valence-corrected chi connectivity index (χ3v) is 3.92. The first-order valence-electron chi connectivity index (χ1n) is 7.79. The van der Waals surface area contributed by atoms with Crippen LogP contribution in [0.1, 0.15) is 29.1 Å². The third-order valence-electron chi connectivity index (χ3n) is 3.92. The Bertz CT molecular complexity index is 928. The van der Waals surface area contributed by atoms with E-state index in [0.717, 1.165) is 0 Å². The molecule has 2 atom stereocenters. The number of hydrogen-bond acceptors (Lipinski definition) is 5. The van der Waals surface area contributed by atoms with Gasteiger partial charge in [0.05, 0.1) is 5.56 Å². The molecule has 1 aromatic carbocycles. The average molecular weight is 342 g/mol. The van der Waals surface area contributed by atoms with Gasteiger partial charge in [0.1, 0.15) is 12.2 Å². The summed E-state index contributed by atoms with van der Waals surface area (Å²) in [4.78, 5) is 37.7. The highest BCUT2D eigenvalue weighted by Gasteiger charge is 2.34. The summed E-state index contributed by atoms with van der Waals surface area (Å²) in [5, 5.41) is 0. The number of esters is 1. The number of nitrogens with zero attached hydrogens (tertiary/aromatic N) is 1. The van der Waals surface area contributed by atoms with Crippen LogP contribution in [-0.4, -0.2) is 27.7 Å². The highest BCUT2D eigenvalue weighted by molar-refractivity contribution is 5.89. The van der Waals surface area contributed by atoms with Crippen molar-refractivity contribution in [3.05, 3.63) is 80.6 Å². The number of aromatic nitrogens is 2. The molecule has 7 nitrogen and oxygen atoms in total. The van der Waals surface area contributed by atoms with E-state index in [1.807, 2.05) is 6.07 Å². The molecule has 1 aliphatic heterocycles. The lowest BCUT2D eigenvalue weighted by atomic mass is 10.1. The summed E-state index contributed by atoms with van der Waals surface area (Å²) in [5.41, 5.74) is -0.991. The van der Waals surface area contributed by atoms with E-state index in [4.69, 9.17) is 9.47 Å². The van der Waals surface area contributed by atoms with E-state index in [9.17, 15) is 14.4 Å². The van der Waals surface area contributed by atoms with Crippen molar-refractivity contribution in [2.75, 3.05) is 6.61 Å². The molecule has 1 aliphatic rings. The van der Waals surface area contributed by atoms with Gasteiger partial charge in [0, 0.05) is 11.8 Å². The molecule has 2 aromatic rings. The maximum atomic E-state index is 12.0. The lowest BCUT2D eigenvalue weighted by Crippen LogP contribution is -2.36. The number of aromatic amines is 1. The molecule has 0 saturated carbocycles. The number of aryl methyl sites for hydroxylation is 1. The van der Waals surface area contributed by atoms with Crippen LogP contribution in [0.4, 0.5) is 0 Å². The van der Waals surface area contributed by atoms with E-state index in [0.29, 0.717) is 11.1 Å². The van der Waals surface area contributed by atoms with E-state index >= 15 is 0 Å². The molecule has 3 rings (SSSR count). The van der Waals surface area contributed by atoms with Gasteiger partial charge in [-0.3, -0.25) is 14.3 Å². The van der Waals surface area contributed by atoms with Crippen LogP contribution in [0, 0.1) is 6.92 Å². The number of carbonyl (C=O) groups excluding carboxylic acids is 1. The number of ether oxygens (including phenoxy) is 2. The summed E-state index contributed by atoms with van der Waals surface area (Å²) >= 11 is 0. The Balaban J connectivity index is 1.69.